The van der Waals surface area contributed by atoms with Gasteiger partial charge >= 0.3 is 5.69 Å². The number of carbonyl (C=O) groups excluding carboxylic acids is 2. The summed E-state index contributed by atoms with van der Waals surface area (Å²) in [5.41, 5.74) is 0.0600. The van der Waals surface area contributed by atoms with Gasteiger partial charge in [0.2, 0.25) is 11.8 Å². The number of anilines is 1. The molecule has 1 spiro atoms. The number of hydrogen-bond donors (Lipinski definition) is 3. The summed E-state index contributed by atoms with van der Waals surface area (Å²) in [4.78, 5) is 54.1. The largest absolute Gasteiger partial charge is 0.471 e. The van der Waals surface area contributed by atoms with E-state index in [1.54, 1.807) is 29.2 Å². The highest BCUT2D eigenvalue weighted by Crippen LogP contribution is 2.38. The van der Waals surface area contributed by atoms with Crippen molar-refractivity contribution < 1.29 is 14.3 Å². The minimum atomic E-state index is -0.584. The zero-order valence-corrected chi connectivity index (χ0v) is 16.0. The maximum Gasteiger partial charge on any atom is 0.328 e. The molecule has 4 rings (SSSR count). The molecule has 0 radical (unpaired) electrons. The van der Waals surface area contributed by atoms with Gasteiger partial charge in [0.05, 0.1) is 5.56 Å². The normalized spacial score (nSPS) is 20.7. The third-order valence-corrected chi connectivity index (χ3v) is 5.46. The van der Waals surface area contributed by atoms with Gasteiger partial charge in [0.25, 0.3) is 11.5 Å². The van der Waals surface area contributed by atoms with Gasteiger partial charge in [0.15, 0.2) is 0 Å². The summed E-state index contributed by atoms with van der Waals surface area (Å²) >= 11 is 0. The molecule has 2 aliphatic heterocycles. The lowest BCUT2D eigenvalue weighted by molar-refractivity contribution is -0.114. The Hall–Kier alpha value is -3.36. The third-order valence-electron chi connectivity index (χ3n) is 5.46. The average molecular weight is 398 g/mol. The Labute approximate surface area is 166 Å². The van der Waals surface area contributed by atoms with Crippen LogP contribution in [0.4, 0.5) is 5.69 Å². The van der Waals surface area contributed by atoms with Crippen molar-refractivity contribution in [3.63, 3.8) is 0 Å². The second-order valence-electron chi connectivity index (χ2n) is 7.58. The van der Waals surface area contributed by atoms with E-state index < -0.39 is 16.9 Å². The smallest absolute Gasteiger partial charge is 0.328 e. The fraction of sp³-hybridized carbons (Fsp3) is 0.400. The number of ether oxygens (including phenoxy) is 1. The van der Waals surface area contributed by atoms with Crippen LogP contribution >= 0.6 is 0 Å². The van der Waals surface area contributed by atoms with Crippen LogP contribution in [0.15, 0.2) is 33.9 Å². The van der Waals surface area contributed by atoms with Crippen LogP contribution in [0.3, 0.4) is 0 Å². The van der Waals surface area contributed by atoms with Crippen LogP contribution in [0, 0.1) is 0 Å². The van der Waals surface area contributed by atoms with Crippen LogP contribution in [0.5, 0.6) is 5.88 Å². The van der Waals surface area contributed by atoms with Gasteiger partial charge in [-0.25, -0.2) is 4.79 Å². The number of amides is 2. The van der Waals surface area contributed by atoms with E-state index in [1.807, 2.05) is 0 Å². The standard InChI is InChI=1S/C20H22N4O5/c1-12(25)21-14-5-3-13(4-6-14)18(27)24-9-2-7-20(8-10-24)11-15-16(26)22-19(28)23-17(15)29-20/h3-6H,2,7-11H2,1H3,(H,21,25)(H2,22,23,26,28)/t20-/m1/s1. The first-order valence-electron chi connectivity index (χ1n) is 9.57. The maximum absolute atomic E-state index is 12.9. The van der Waals surface area contributed by atoms with E-state index >= 15 is 0 Å². The lowest BCUT2D eigenvalue weighted by Gasteiger charge is -2.27. The first kappa shape index (κ1) is 19.0. The van der Waals surface area contributed by atoms with Gasteiger partial charge in [0.1, 0.15) is 5.60 Å². The van der Waals surface area contributed by atoms with Gasteiger partial charge < -0.3 is 15.0 Å². The first-order valence-corrected chi connectivity index (χ1v) is 9.57. The van der Waals surface area contributed by atoms with Crippen LogP contribution < -0.4 is 21.3 Å². The fourth-order valence-electron chi connectivity index (χ4n) is 4.05. The van der Waals surface area contributed by atoms with Gasteiger partial charge in [-0.15, -0.1) is 0 Å². The highest BCUT2D eigenvalue weighted by atomic mass is 16.5. The Morgan fingerprint density at radius 2 is 1.86 bits per heavy atom. The van der Waals surface area contributed by atoms with Crippen molar-refractivity contribution >= 4 is 17.5 Å². The van der Waals surface area contributed by atoms with Crippen LogP contribution in [-0.2, 0) is 11.2 Å². The summed E-state index contributed by atoms with van der Waals surface area (Å²) in [6.07, 6.45) is 2.40. The van der Waals surface area contributed by atoms with Crippen LogP contribution in [0.2, 0.25) is 0 Å². The van der Waals surface area contributed by atoms with Crippen molar-refractivity contribution in [3.8, 4) is 5.88 Å². The van der Waals surface area contributed by atoms with Gasteiger partial charge in [-0.3, -0.25) is 24.4 Å². The molecular weight excluding hydrogens is 376 g/mol. The molecule has 1 aromatic heterocycles. The number of hydrogen-bond acceptors (Lipinski definition) is 5. The summed E-state index contributed by atoms with van der Waals surface area (Å²) in [5, 5.41) is 2.68. The molecule has 3 heterocycles. The van der Waals surface area contributed by atoms with E-state index in [0.717, 1.165) is 6.42 Å². The molecular formula is C20H22N4O5. The lowest BCUT2D eigenvalue weighted by Crippen LogP contribution is -2.37. The molecule has 2 amide bonds. The SMILES string of the molecule is CC(=O)Nc1ccc(C(=O)N2CCC[C@@]3(CC2)Cc2c([nH]c(=O)[nH]c2=O)O3)cc1. The summed E-state index contributed by atoms with van der Waals surface area (Å²) in [7, 11) is 0. The zero-order valence-electron chi connectivity index (χ0n) is 16.0. The van der Waals surface area contributed by atoms with Gasteiger partial charge in [-0.2, -0.15) is 0 Å². The van der Waals surface area contributed by atoms with E-state index in [0.29, 0.717) is 49.2 Å². The number of rotatable bonds is 2. The number of nitrogens with zero attached hydrogens (tertiary/aromatic N) is 1. The molecule has 2 aliphatic rings. The summed E-state index contributed by atoms with van der Waals surface area (Å²) in [6, 6.07) is 6.79. The number of carbonyl (C=O) groups is 2. The molecule has 9 heteroatoms. The second-order valence-corrected chi connectivity index (χ2v) is 7.58. The van der Waals surface area contributed by atoms with Crippen molar-refractivity contribution in [1.29, 1.82) is 0 Å². The number of H-pyrrole nitrogens is 2. The molecule has 1 atom stereocenters. The van der Waals surface area contributed by atoms with Gasteiger partial charge in [-0.1, -0.05) is 0 Å². The molecule has 1 fully saturated rings. The molecule has 152 valence electrons. The quantitative estimate of drug-likeness (QED) is 0.697. The van der Waals surface area contributed by atoms with E-state index in [1.165, 1.54) is 6.92 Å². The van der Waals surface area contributed by atoms with Crippen molar-refractivity contribution in [2.75, 3.05) is 18.4 Å². The number of nitrogens with one attached hydrogen (secondary N) is 3. The van der Waals surface area contributed by atoms with E-state index in [9.17, 15) is 19.2 Å². The number of aromatic nitrogens is 2. The van der Waals surface area contributed by atoms with Gasteiger partial charge in [0, 0.05) is 44.1 Å². The van der Waals surface area contributed by atoms with Crippen molar-refractivity contribution in [3.05, 3.63) is 56.2 Å². The van der Waals surface area contributed by atoms with Crippen molar-refractivity contribution in [2.45, 2.75) is 38.2 Å². The first-order chi connectivity index (χ1) is 13.8. The minimum absolute atomic E-state index is 0.0850. The fourth-order valence-corrected chi connectivity index (χ4v) is 4.05. The predicted molar refractivity (Wildman–Crippen MR) is 105 cm³/mol. The van der Waals surface area contributed by atoms with E-state index in [2.05, 4.69) is 15.3 Å². The van der Waals surface area contributed by atoms with Gasteiger partial charge in [-0.05, 0) is 37.1 Å². The highest BCUT2D eigenvalue weighted by Gasteiger charge is 2.43. The zero-order chi connectivity index (χ0) is 20.6. The summed E-state index contributed by atoms with van der Waals surface area (Å²) < 4.78 is 6.01. The molecule has 0 bridgehead atoms. The molecule has 1 saturated heterocycles. The molecule has 29 heavy (non-hydrogen) atoms. The molecule has 0 saturated carbocycles. The topological polar surface area (TPSA) is 124 Å². The van der Waals surface area contributed by atoms with E-state index in [4.69, 9.17) is 4.74 Å². The Morgan fingerprint density at radius 1 is 1.10 bits per heavy atom. The van der Waals surface area contributed by atoms with Crippen LogP contribution in [-0.4, -0.2) is 45.4 Å². The number of aromatic amines is 2. The number of benzene rings is 1. The Balaban J connectivity index is 1.46. The third kappa shape index (κ3) is 3.80. The minimum Gasteiger partial charge on any atom is -0.471 e. The molecule has 2 aromatic rings. The maximum atomic E-state index is 12.9. The Bertz CT molecular complexity index is 1070. The Morgan fingerprint density at radius 3 is 2.59 bits per heavy atom. The molecule has 1 aromatic carbocycles. The highest BCUT2D eigenvalue weighted by molar-refractivity contribution is 5.95. The molecule has 0 unspecified atom stereocenters. The average Bonchev–Trinajstić information content (AvgIpc) is 2.90. The van der Waals surface area contributed by atoms with Crippen LogP contribution in [0.25, 0.3) is 0 Å². The second kappa shape index (κ2) is 7.23. The number of likely N-dealkylation sites (tertiary alicyclic amines) is 1. The lowest BCUT2D eigenvalue weighted by atomic mass is 9.90. The predicted octanol–water partition coefficient (Wildman–Crippen LogP) is 1.02. The monoisotopic (exact) mass is 398 g/mol. The van der Waals surface area contributed by atoms with Crippen molar-refractivity contribution in [1.82, 2.24) is 14.9 Å². The summed E-state index contributed by atoms with van der Waals surface area (Å²) in [5.74, 6) is -0.00934. The molecule has 3 N–H and O–H groups in total. The van der Waals surface area contributed by atoms with Crippen LogP contribution in [0.1, 0.15) is 42.1 Å². The van der Waals surface area contributed by atoms with Crippen molar-refractivity contribution in [2.24, 2.45) is 0 Å². The molecule has 0 aliphatic carbocycles. The molecule has 9 nitrogen and oxygen atoms in total. The Kier molecular flexibility index (Phi) is 4.73. The van der Waals surface area contributed by atoms with E-state index in [-0.39, 0.29) is 17.7 Å². The summed E-state index contributed by atoms with van der Waals surface area (Å²) in [6.45, 7) is 2.50. The number of fused-ring (bicyclic) bond motifs is 1.